The van der Waals surface area contributed by atoms with Crippen molar-refractivity contribution in [2.24, 2.45) is 0 Å². The quantitative estimate of drug-likeness (QED) is 0.882. The second kappa shape index (κ2) is 5.39. The smallest absolute Gasteiger partial charge is 0.478 e. The summed E-state index contributed by atoms with van der Waals surface area (Å²) in [5, 5.41) is 8.80. The van der Waals surface area contributed by atoms with Crippen LogP contribution in [0.3, 0.4) is 0 Å². The van der Waals surface area contributed by atoms with Crippen molar-refractivity contribution in [3.63, 3.8) is 0 Å². The first kappa shape index (κ1) is 14.8. The third-order valence-electron chi connectivity index (χ3n) is 2.48. The van der Waals surface area contributed by atoms with E-state index in [1.54, 1.807) is 0 Å². The Hall–Kier alpha value is -2.64. The van der Waals surface area contributed by atoms with Crippen LogP contribution in [0, 0.1) is 5.82 Å². The van der Waals surface area contributed by atoms with Crippen molar-refractivity contribution in [2.45, 2.75) is 6.36 Å². The highest BCUT2D eigenvalue weighted by molar-refractivity contribution is 5.89. The molecule has 0 atom stereocenters. The zero-order chi connectivity index (χ0) is 15.6. The minimum absolute atomic E-state index is 0.130. The van der Waals surface area contributed by atoms with Crippen LogP contribution in [0.15, 0.2) is 36.5 Å². The van der Waals surface area contributed by atoms with Crippen molar-refractivity contribution in [3.8, 4) is 17.0 Å². The van der Waals surface area contributed by atoms with Gasteiger partial charge in [-0.2, -0.15) is 0 Å². The van der Waals surface area contributed by atoms with Gasteiger partial charge >= 0.3 is 12.3 Å². The third kappa shape index (κ3) is 3.47. The molecule has 0 aliphatic carbocycles. The molecule has 0 amide bonds. The molecule has 2 rings (SSSR count). The summed E-state index contributed by atoms with van der Waals surface area (Å²) in [6.07, 6.45) is -3.73. The molecule has 0 spiro atoms. The number of carboxylic acids is 1. The molecule has 0 radical (unpaired) electrons. The van der Waals surface area contributed by atoms with Crippen molar-refractivity contribution in [1.82, 2.24) is 4.98 Å². The van der Waals surface area contributed by atoms with Gasteiger partial charge in [0.15, 0.2) is 5.82 Å². The van der Waals surface area contributed by atoms with E-state index in [-0.39, 0.29) is 11.3 Å². The van der Waals surface area contributed by atoms with Gasteiger partial charge in [-0.15, -0.1) is 13.2 Å². The molecule has 1 N–H and O–H groups in total. The first-order valence-corrected chi connectivity index (χ1v) is 5.52. The lowest BCUT2D eigenvalue weighted by molar-refractivity contribution is -0.274. The van der Waals surface area contributed by atoms with Crippen LogP contribution in [-0.4, -0.2) is 22.4 Å². The lowest BCUT2D eigenvalue weighted by Crippen LogP contribution is -2.16. The molecule has 1 aromatic heterocycles. The Morgan fingerprint density at radius 1 is 1.14 bits per heavy atom. The summed E-state index contributed by atoms with van der Waals surface area (Å²) < 4.78 is 53.6. The number of halogens is 4. The van der Waals surface area contributed by atoms with Gasteiger partial charge in [0.2, 0.25) is 0 Å². The lowest BCUT2D eigenvalue weighted by atomic mass is 10.1. The molecule has 0 unspecified atom stereocenters. The van der Waals surface area contributed by atoms with Gasteiger partial charge < -0.3 is 9.84 Å². The van der Waals surface area contributed by atoms with Gasteiger partial charge in [0.05, 0.1) is 5.56 Å². The summed E-state index contributed by atoms with van der Waals surface area (Å²) in [4.78, 5) is 14.5. The van der Waals surface area contributed by atoms with Gasteiger partial charge in [-0.3, -0.25) is 4.98 Å². The summed E-state index contributed by atoms with van der Waals surface area (Å²) >= 11 is 0. The van der Waals surface area contributed by atoms with Gasteiger partial charge in [0.1, 0.15) is 11.4 Å². The second-order valence-electron chi connectivity index (χ2n) is 3.90. The number of hydrogen-bond acceptors (Lipinski definition) is 3. The molecule has 0 aliphatic heterocycles. The van der Waals surface area contributed by atoms with E-state index in [1.807, 2.05) is 0 Å². The molecule has 0 aliphatic rings. The van der Waals surface area contributed by atoms with Crippen LogP contribution in [0.4, 0.5) is 17.6 Å². The van der Waals surface area contributed by atoms with E-state index in [0.29, 0.717) is 0 Å². The number of pyridine rings is 1. The lowest BCUT2D eigenvalue weighted by Gasteiger charge is -2.09. The Balaban J connectivity index is 2.35. The van der Waals surface area contributed by atoms with E-state index >= 15 is 0 Å². The molecule has 21 heavy (non-hydrogen) atoms. The van der Waals surface area contributed by atoms with E-state index in [9.17, 15) is 22.4 Å². The van der Waals surface area contributed by atoms with Gasteiger partial charge in [-0.05, 0) is 30.3 Å². The Labute approximate surface area is 115 Å². The Kier molecular flexibility index (Phi) is 3.79. The molecule has 0 fully saturated rings. The fraction of sp³-hybridized carbons (Fsp3) is 0.0769. The van der Waals surface area contributed by atoms with Crippen molar-refractivity contribution >= 4 is 5.97 Å². The van der Waals surface area contributed by atoms with E-state index in [1.165, 1.54) is 0 Å². The largest absolute Gasteiger partial charge is 0.573 e. The Morgan fingerprint density at radius 2 is 1.76 bits per heavy atom. The summed E-state index contributed by atoms with van der Waals surface area (Å²) in [6.45, 7) is 0. The number of carbonyl (C=O) groups is 1. The minimum Gasteiger partial charge on any atom is -0.478 e. The highest BCUT2D eigenvalue weighted by Crippen LogP contribution is 2.27. The molecule has 0 saturated carbocycles. The normalized spacial score (nSPS) is 11.2. The van der Waals surface area contributed by atoms with E-state index < -0.39 is 29.5 Å². The predicted molar refractivity (Wildman–Crippen MR) is 63.3 cm³/mol. The number of aromatic nitrogens is 1. The highest BCUT2D eigenvalue weighted by Gasteiger charge is 2.31. The topological polar surface area (TPSA) is 59.4 Å². The van der Waals surface area contributed by atoms with Crippen LogP contribution in [0.25, 0.3) is 11.3 Å². The fourth-order valence-corrected chi connectivity index (χ4v) is 1.62. The number of benzene rings is 1. The molecule has 110 valence electrons. The summed E-state index contributed by atoms with van der Waals surface area (Å²) in [5.74, 6) is -3.00. The molecule has 4 nitrogen and oxygen atoms in total. The van der Waals surface area contributed by atoms with Gasteiger partial charge in [0, 0.05) is 11.8 Å². The maximum Gasteiger partial charge on any atom is 0.573 e. The first-order chi connectivity index (χ1) is 9.78. The summed E-state index contributed by atoms with van der Waals surface area (Å²) in [6, 6.07) is 5.26. The Bertz CT molecular complexity index is 668. The van der Waals surface area contributed by atoms with E-state index in [4.69, 9.17) is 5.11 Å². The van der Waals surface area contributed by atoms with Crippen molar-refractivity contribution in [1.29, 1.82) is 0 Å². The number of ether oxygens (including phenoxy) is 1. The maximum absolute atomic E-state index is 13.9. The fourth-order valence-electron chi connectivity index (χ4n) is 1.62. The number of nitrogens with zero attached hydrogens (tertiary/aromatic N) is 1. The standard InChI is InChI=1S/C13H7F4NO3/c14-10-9(12(19)20)5-6-18-11(10)7-1-3-8(4-2-7)21-13(15,16)17/h1-6H,(H,19,20). The zero-order valence-corrected chi connectivity index (χ0v) is 10.2. The summed E-state index contributed by atoms with van der Waals surface area (Å²) in [7, 11) is 0. The van der Waals surface area contributed by atoms with E-state index in [0.717, 1.165) is 36.5 Å². The van der Waals surface area contributed by atoms with Crippen LogP contribution < -0.4 is 4.74 Å². The molecule has 0 saturated heterocycles. The van der Waals surface area contributed by atoms with Crippen LogP contribution in [0.5, 0.6) is 5.75 Å². The van der Waals surface area contributed by atoms with Gasteiger partial charge in [-0.25, -0.2) is 9.18 Å². The predicted octanol–water partition coefficient (Wildman–Crippen LogP) is 3.48. The van der Waals surface area contributed by atoms with Crippen molar-refractivity contribution in [3.05, 3.63) is 47.9 Å². The highest BCUT2D eigenvalue weighted by atomic mass is 19.4. The van der Waals surface area contributed by atoms with Crippen LogP contribution in [0.2, 0.25) is 0 Å². The number of aromatic carboxylic acids is 1. The monoisotopic (exact) mass is 301 g/mol. The number of rotatable bonds is 3. The molecule has 8 heteroatoms. The van der Waals surface area contributed by atoms with Gasteiger partial charge in [-0.1, -0.05) is 0 Å². The molecular formula is C13H7F4NO3. The molecule has 1 aromatic carbocycles. The average Bonchev–Trinajstić information content (AvgIpc) is 2.38. The maximum atomic E-state index is 13.9. The van der Waals surface area contributed by atoms with Crippen molar-refractivity contribution < 1.29 is 32.2 Å². The molecule has 0 bridgehead atoms. The van der Waals surface area contributed by atoms with Crippen LogP contribution >= 0.6 is 0 Å². The molecule has 2 aromatic rings. The number of carboxylic acid groups (broad SMARTS) is 1. The Morgan fingerprint density at radius 3 is 2.29 bits per heavy atom. The zero-order valence-electron chi connectivity index (χ0n) is 10.2. The van der Waals surface area contributed by atoms with Crippen LogP contribution in [0.1, 0.15) is 10.4 Å². The molecular weight excluding hydrogens is 294 g/mol. The number of hydrogen-bond donors (Lipinski definition) is 1. The minimum atomic E-state index is -4.83. The SMILES string of the molecule is O=C(O)c1ccnc(-c2ccc(OC(F)(F)F)cc2)c1F. The molecule has 1 heterocycles. The summed E-state index contributed by atoms with van der Waals surface area (Å²) in [5.41, 5.74) is -0.714. The average molecular weight is 301 g/mol. The van der Waals surface area contributed by atoms with Crippen molar-refractivity contribution in [2.75, 3.05) is 0 Å². The second-order valence-corrected chi connectivity index (χ2v) is 3.90. The van der Waals surface area contributed by atoms with Gasteiger partial charge in [0.25, 0.3) is 0 Å². The number of alkyl halides is 3. The van der Waals surface area contributed by atoms with Crippen LogP contribution in [-0.2, 0) is 0 Å². The van der Waals surface area contributed by atoms with E-state index in [2.05, 4.69) is 9.72 Å². The first-order valence-electron chi connectivity index (χ1n) is 5.52. The third-order valence-corrected chi connectivity index (χ3v) is 2.48.